The number of nitrogens with two attached hydrogens (primary N) is 3. The fourth-order valence-corrected chi connectivity index (χ4v) is 10.5. The lowest BCUT2D eigenvalue weighted by atomic mass is 9.96. The minimum atomic E-state index is -0.182. The van der Waals surface area contributed by atoms with Crippen LogP contribution in [-0.2, 0) is 11.3 Å². The average molecular weight is 899 g/mol. The van der Waals surface area contributed by atoms with Crippen LogP contribution in [0.25, 0.3) is 33.1 Å². The maximum absolute atomic E-state index is 12.2. The second-order valence-corrected chi connectivity index (χ2v) is 18.8. The lowest BCUT2D eigenvalue weighted by Gasteiger charge is -2.36. The van der Waals surface area contributed by atoms with E-state index in [1.54, 1.807) is 19.5 Å². The van der Waals surface area contributed by atoms with Crippen LogP contribution in [0.1, 0.15) is 74.8 Å². The van der Waals surface area contributed by atoms with E-state index in [0.717, 1.165) is 127 Å². The van der Waals surface area contributed by atoms with Gasteiger partial charge >= 0.3 is 0 Å². The zero-order valence-corrected chi connectivity index (χ0v) is 37.8. The molecule has 6 aromatic heterocycles. The third-order valence-corrected chi connectivity index (χ3v) is 14.2. The molecule has 4 aliphatic rings. The molecule has 3 saturated heterocycles. The number of ether oxygens (including phenoxy) is 1. The van der Waals surface area contributed by atoms with Crippen molar-refractivity contribution >= 4 is 68.4 Å². The molecule has 0 bridgehead atoms. The van der Waals surface area contributed by atoms with Crippen LogP contribution in [0.3, 0.4) is 0 Å². The highest BCUT2D eigenvalue weighted by atomic mass is 16.5. The maximum Gasteiger partial charge on any atom is 0.226 e. The molecule has 20 heteroatoms. The number of nitrogens with zero attached hydrogens (tertiary/aromatic N) is 11. The number of anilines is 6. The summed E-state index contributed by atoms with van der Waals surface area (Å²) in [5.74, 6) is 3.77. The van der Waals surface area contributed by atoms with E-state index in [-0.39, 0.29) is 23.3 Å². The fraction of sp³-hybridized carbons (Fsp3) is 0.543. The Balaban J connectivity index is 0.639. The van der Waals surface area contributed by atoms with Crippen molar-refractivity contribution in [2.45, 2.75) is 88.4 Å². The molecule has 0 aromatic carbocycles. The van der Waals surface area contributed by atoms with E-state index in [2.05, 4.69) is 66.6 Å². The highest BCUT2D eigenvalue weighted by Crippen LogP contribution is 2.40. The predicted molar refractivity (Wildman–Crippen MR) is 258 cm³/mol. The number of H-pyrrole nitrogens is 1. The molecule has 20 nitrogen and oxygen atoms in total. The molecule has 10 rings (SSSR count). The highest BCUT2D eigenvalue weighted by molar-refractivity contribution is 5.88. The Kier molecular flexibility index (Phi) is 12.9. The standard InChI is InChI=1S/C46H62N18O2/c1-66-26-28-21-34-38(47)56-44(59-41(34)51-23-28)54-33-9-16-64(17-10-33)25-27-2-3-29(20-27)30-22-35-39(48)57-45(60-42(35)52-24-30)53-31-5-12-62(13-6-31)18-19-63-14-7-32(8-15-63)55-46-58-40(49)37-36(65)4-11-50-43(37)61-46/h4,11,21-24,27,29,31-33H,2-3,5-10,12-20,25-26H2,1H3,(H3,47,51,54,56,59)(H3,48,52,53,57,60)(H4,49,50,55,58,61,65). The number of likely N-dealkylation sites (tertiary alicyclic amines) is 3. The van der Waals surface area contributed by atoms with Crippen molar-refractivity contribution in [3.8, 4) is 0 Å². The number of rotatable bonds is 14. The number of piperidine rings is 3. The van der Waals surface area contributed by atoms with Gasteiger partial charge in [-0.1, -0.05) is 0 Å². The molecular formula is C46H62N18O2. The third kappa shape index (κ3) is 10.0. The van der Waals surface area contributed by atoms with Gasteiger partial charge in [-0.15, -0.1) is 0 Å². The molecule has 2 unspecified atom stereocenters. The first-order valence-electron chi connectivity index (χ1n) is 23.7. The van der Waals surface area contributed by atoms with Gasteiger partial charge in [0.15, 0.2) is 16.7 Å². The lowest BCUT2D eigenvalue weighted by molar-refractivity contribution is 0.158. The molecule has 10 N–H and O–H groups in total. The molecule has 4 fully saturated rings. The minimum absolute atomic E-state index is 0.182. The molecule has 0 radical (unpaired) electrons. The molecular weight excluding hydrogens is 837 g/mol. The van der Waals surface area contributed by atoms with Gasteiger partial charge in [-0.05, 0) is 92.9 Å². The monoisotopic (exact) mass is 899 g/mol. The lowest BCUT2D eigenvalue weighted by Crippen LogP contribution is -2.45. The molecule has 3 aliphatic heterocycles. The topological polar surface area (TPSA) is 269 Å². The van der Waals surface area contributed by atoms with Gasteiger partial charge in [-0.25, -0.2) is 9.97 Å². The molecule has 1 aliphatic carbocycles. The minimum Gasteiger partial charge on any atom is -0.383 e. The number of nitrogen functional groups attached to an aromatic ring is 3. The molecule has 348 valence electrons. The SMILES string of the molecule is COCc1cnc2nc(NC3CCN(CC4CCC(c5cnc6nc(NC7CCN(CCN8CCC(Nc9nc(N)c%10c(=O)cc[nH]c%10n9)CC8)CC7)nc(N)c6c5)C4)CC3)nc(N)c2c1. The normalized spacial score (nSPS) is 21.0. The van der Waals surface area contributed by atoms with Crippen molar-refractivity contribution in [2.75, 3.05) is 99.2 Å². The molecule has 6 aromatic rings. The van der Waals surface area contributed by atoms with E-state index >= 15 is 0 Å². The molecule has 0 spiro atoms. The van der Waals surface area contributed by atoms with Crippen LogP contribution in [0.5, 0.6) is 0 Å². The number of hydrogen-bond acceptors (Lipinski definition) is 19. The van der Waals surface area contributed by atoms with Crippen LogP contribution < -0.4 is 38.6 Å². The molecule has 1 saturated carbocycles. The van der Waals surface area contributed by atoms with Crippen LogP contribution in [0.4, 0.5) is 35.3 Å². The number of fused-ring (bicyclic) bond motifs is 3. The summed E-state index contributed by atoms with van der Waals surface area (Å²) in [6.07, 6.45) is 14.9. The summed E-state index contributed by atoms with van der Waals surface area (Å²) in [6, 6.07) is 6.39. The van der Waals surface area contributed by atoms with Crippen molar-refractivity contribution in [1.82, 2.24) is 59.6 Å². The van der Waals surface area contributed by atoms with Crippen LogP contribution in [-0.4, -0.2) is 144 Å². The summed E-state index contributed by atoms with van der Waals surface area (Å²) in [5, 5.41) is 12.4. The number of methoxy groups -OCH3 is 1. The fourth-order valence-electron chi connectivity index (χ4n) is 10.5. The van der Waals surface area contributed by atoms with Gasteiger partial charge in [0.05, 0.1) is 17.4 Å². The molecule has 2 atom stereocenters. The number of pyridine rings is 3. The number of aromatic amines is 1. The maximum atomic E-state index is 12.2. The Labute approximate surface area is 383 Å². The second kappa shape index (κ2) is 19.4. The Bertz CT molecular complexity index is 2710. The summed E-state index contributed by atoms with van der Waals surface area (Å²) < 4.78 is 5.23. The van der Waals surface area contributed by atoms with E-state index in [0.29, 0.717) is 76.3 Å². The van der Waals surface area contributed by atoms with Crippen molar-refractivity contribution < 1.29 is 4.74 Å². The Morgan fingerprint density at radius 2 is 1.21 bits per heavy atom. The smallest absolute Gasteiger partial charge is 0.226 e. The van der Waals surface area contributed by atoms with Crippen molar-refractivity contribution in [3.63, 3.8) is 0 Å². The van der Waals surface area contributed by atoms with Gasteiger partial charge in [-0.2, -0.15) is 29.9 Å². The summed E-state index contributed by atoms with van der Waals surface area (Å²) >= 11 is 0. The first kappa shape index (κ1) is 43.8. The largest absolute Gasteiger partial charge is 0.383 e. The summed E-state index contributed by atoms with van der Waals surface area (Å²) in [5.41, 5.74) is 22.7. The zero-order valence-electron chi connectivity index (χ0n) is 37.8. The predicted octanol–water partition coefficient (Wildman–Crippen LogP) is 3.80. The number of hydrogen-bond donors (Lipinski definition) is 7. The molecule has 9 heterocycles. The van der Waals surface area contributed by atoms with E-state index in [1.165, 1.54) is 18.1 Å². The van der Waals surface area contributed by atoms with Crippen molar-refractivity contribution in [2.24, 2.45) is 5.92 Å². The quantitative estimate of drug-likeness (QED) is 0.0819. The molecule has 66 heavy (non-hydrogen) atoms. The van der Waals surface area contributed by atoms with Gasteiger partial charge in [-0.3, -0.25) is 4.79 Å². The second-order valence-electron chi connectivity index (χ2n) is 18.8. The first-order valence-corrected chi connectivity index (χ1v) is 23.7. The zero-order chi connectivity index (χ0) is 45.1. The number of aromatic nitrogens is 9. The van der Waals surface area contributed by atoms with E-state index < -0.39 is 0 Å². The summed E-state index contributed by atoms with van der Waals surface area (Å²) in [4.78, 5) is 59.8. The number of nitrogens with one attached hydrogen (secondary N) is 4. The van der Waals surface area contributed by atoms with Crippen LogP contribution in [0.15, 0.2) is 41.6 Å². The van der Waals surface area contributed by atoms with Gasteiger partial charge in [0.1, 0.15) is 28.5 Å². The Hall–Kier alpha value is -6.09. The van der Waals surface area contributed by atoms with E-state index in [1.807, 2.05) is 12.3 Å². The van der Waals surface area contributed by atoms with Crippen LogP contribution >= 0.6 is 0 Å². The van der Waals surface area contributed by atoms with E-state index in [4.69, 9.17) is 36.9 Å². The van der Waals surface area contributed by atoms with Crippen LogP contribution in [0, 0.1) is 5.92 Å². The van der Waals surface area contributed by atoms with Gasteiger partial charge in [0.25, 0.3) is 0 Å². The summed E-state index contributed by atoms with van der Waals surface area (Å²) in [7, 11) is 1.66. The summed E-state index contributed by atoms with van der Waals surface area (Å²) in [6.45, 7) is 9.79. The highest BCUT2D eigenvalue weighted by Gasteiger charge is 2.30. The Morgan fingerprint density at radius 3 is 1.82 bits per heavy atom. The third-order valence-electron chi connectivity index (χ3n) is 14.2. The van der Waals surface area contributed by atoms with Crippen molar-refractivity contribution in [1.29, 1.82) is 0 Å². The van der Waals surface area contributed by atoms with Crippen molar-refractivity contribution in [3.05, 3.63) is 58.1 Å². The Morgan fingerprint density at radius 1 is 0.667 bits per heavy atom. The average Bonchev–Trinajstić information content (AvgIpc) is 3.78. The van der Waals surface area contributed by atoms with E-state index in [9.17, 15) is 4.79 Å². The van der Waals surface area contributed by atoms with Crippen LogP contribution in [0.2, 0.25) is 0 Å². The van der Waals surface area contributed by atoms with Gasteiger partial charge in [0.2, 0.25) is 17.8 Å². The van der Waals surface area contributed by atoms with Gasteiger partial charge in [0, 0.05) is 109 Å². The first-order chi connectivity index (χ1) is 32.2. The van der Waals surface area contributed by atoms with Gasteiger partial charge < -0.3 is 57.6 Å². The molecule has 0 amide bonds.